The Kier molecular flexibility index (Phi) is 3.46. The highest BCUT2D eigenvalue weighted by Gasteiger charge is 2.17. The topological polar surface area (TPSA) is 29.5 Å². The molecular formula is C9H13NO2. The average molecular weight is 167 g/mol. The maximum absolute atomic E-state index is 11.0. The minimum absolute atomic E-state index is 0.196. The Morgan fingerprint density at radius 1 is 1.67 bits per heavy atom. The third-order valence-corrected chi connectivity index (χ3v) is 1.81. The van der Waals surface area contributed by atoms with Crippen molar-refractivity contribution < 1.29 is 9.53 Å². The lowest BCUT2D eigenvalue weighted by Gasteiger charge is -2.25. The first-order chi connectivity index (χ1) is 5.84. The maximum Gasteiger partial charge on any atom is 0.409 e. The minimum atomic E-state index is -0.196. The van der Waals surface area contributed by atoms with Crippen LogP contribution in [0.25, 0.3) is 0 Å². The van der Waals surface area contributed by atoms with E-state index in [0.717, 1.165) is 32.4 Å². The van der Waals surface area contributed by atoms with Crippen molar-refractivity contribution >= 4 is 6.09 Å². The number of amides is 1. The van der Waals surface area contributed by atoms with Crippen molar-refractivity contribution in [1.29, 1.82) is 0 Å². The van der Waals surface area contributed by atoms with Gasteiger partial charge in [0.05, 0.1) is 6.61 Å². The fourth-order valence-electron chi connectivity index (χ4n) is 1.17. The lowest BCUT2D eigenvalue weighted by atomic mass is 10.3. The Morgan fingerprint density at radius 3 is 3.17 bits per heavy atom. The summed E-state index contributed by atoms with van der Waals surface area (Å²) in [5.74, 6) is 2.54. The SMILES string of the molecule is C#CCCCN1CCCOC1=O. The number of unbranched alkanes of at least 4 members (excludes halogenated alkanes) is 1. The zero-order valence-electron chi connectivity index (χ0n) is 7.08. The van der Waals surface area contributed by atoms with Gasteiger partial charge in [-0.25, -0.2) is 4.79 Å². The van der Waals surface area contributed by atoms with Gasteiger partial charge in [-0.3, -0.25) is 0 Å². The van der Waals surface area contributed by atoms with Crippen LogP contribution in [0.1, 0.15) is 19.3 Å². The maximum atomic E-state index is 11.0. The number of cyclic esters (lactones) is 1. The Morgan fingerprint density at radius 2 is 2.50 bits per heavy atom. The minimum Gasteiger partial charge on any atom is -0.449 e. The second-order valence-corrected chi connectivity index (χ2v) is 2.76. The van der Waals surface area contributed by atoms with Crippen molar-refractivity contribution in [3.05, 3.63) is 0 Å². The predicted octanol–water partition coefficient (Wildman–Crippen LogP) is 1.24. The molecule has 1 saturated heterocycles. The monoisotopic (exact) mass is 167 g/mol. The van der Waals surface area contributed by atoms with Crippen LogP contribution >= 0.6 is 0 Å². The van der Waals surface area contributed by atoms with Crippen LogP contribution in [-0.4, -0.2) is 30.7 Å². The Labute approximate surface area is 72.7 Å². The number of nitrogens with zero attached hydrogens (tertiary/aromatic N) is 1. The molecule has 1 fully saturated rings. The quantitative estimate of drug-likeness (QED) is 0.467. The van der Waals surface area contributed by atoms with Gasteiger partial charge in [-0.15, -0.1) is 12.3 Å². The molecule has 0 unspecified atom stereocenters. The molecule has 1 amide bonds. The van der Waals surface area contributed by atoms with Crippen molar-refractivity contribution in [2.45, 2.75) is 19.3 Å². The zero-order chi connectivity index (χ0) is 8.81. The molecule has 0 aliphatic carbocycles. The van der Waals surface area contributed by atoms with Gasteiger partial charge >= 0.3 is 6.09 Å². The number of carbonyl (C=O) groups is 1. The molecule has 0 aromatic carbocycles. The number of hydrogen-bond donors (Lipinski definition) is 0. The number of rotatable bonds is 3. The molecule has 0 radical (unpaired) electrons. The highest BCUT2D eigenvalue weighted by molar-refractivity contribution is 5.68. The Hall–Kier alpha value is -1.17. The molecule has 0 N–H and O–H groups in total. The van der Waals surface area contributed by atoms with Crippen molar-refractivity contribution in [2.24, 2.45) is 0 Å². The molecular weight excluding hydrogens is 154 g/mol. The van der Waals surface area contributed by atoms with Crippen molar-refractivity contribution in [2.75, 3.05) is 19.7 Å². The van der Waals surface area contributed by atoms with E-state index in [0.29, 0.717) is 6.61 Å². The van der Waals surface area contributed by atoms with Crippen LogP contribution in [0.3, 0.4) is 0 Å². The number of hydrogen-bond acceptors (Lipinski definition) is 2. The molecule has 1 aliphatic rings. The fraction of sp³-hybridized carbons (Fsp3) is 0.667. The summed E-state index contributed by atoms with van der Waals surface area (Å²) in [5.41, 5.74) is 0. The molecule has 0 aromatic heterocycles. The highest BCUT2D eigenvalue weighted by atomic mass is 16.6. The van der Waals surface area contributed by atoms with E-state index in [2.05, 4.69) is 5.92 Å². The first-order valence-corrected chi connectivity index (χ1v) is 4.20. The van der Waals surface area contributed by atoms with E-state index in [1.807, 2.05) is 0 Å². The van der Waals surface area contributed by atoms with Crippen LogP contribution in [0.15, 0.2) is 0 Å². The summed E-state index contributed by atoms with van der Waals surface area (Å²) in [6.45, 7) is 2.09. The normalized spacial score (nSPS) is 16.9. The molecule has 0 spiro atoms. The zero-order valence-corrected chi connectivity index (χ0v) is 7.08. The third-order valence-electron chi connectivity index (χ3n) is 1.81. The Bertz CT molecular complexity index is 195. The third kappa shape index (κ3) is 2.46. The number of carbonyl (C=O) groups excluding carboxylic acids is 1. The molecule has 66 valence electrons. The second-order valence-electron chi connectivity index (χ2n) is 2.76. The van der Waals surface area contributed by atoms with Crippen molar-refractivity contribution in [3.63, 3.8) is 0 Å². The smallest absolute Gasteiger partial charge is 0.409 e. The molecule has 12 heavy (non-hydrogen) atoms. The van der Waals surface area contributed by atoms with Crippen LogP contribution < -0.4 is 0 Å². The summed E-state index contributed by atoms with van der Waals surface area (Å²) in [4.78, 5) is 12.7. The van der Waals surface area contributed by atoms with Gasteiger partial charge in [-0.2, -0.15) is 0 Å². The number of ether oxygens (including phenoxy) is 1. The van der Waals surface area contributed by atoms with Gasteiger partial charge in [0.25, 0.3) is 0 Å². The molecule has 0 bridgehead atoms. The van der Waals surface area contributed by atoms with Crippen molar-refractivity contribution in [3.8, 4) is 12.3 Å². The molecule has 0 saturated carbocycles. The second kappa shape index (κ2) is 4.66. The number of terminal acetylenes is 1. The first-order valence-electron chi connectivity index (χ1n) is 4.20. The summed E-state index contributed by atoms with van der Waals surface area (Å²) in [6.07, 6.45) is 7.42. The standard InChI is InChI=1S/C9H13NO2/c1-2-3-4-6-10-7-5-8-12-9(10)11/h1H,3-8H2. The Balaban J connectivity index is 2.21. The van der Waals surface area contributed by atoms with E-state index in [4.69, 9.17) is 11.2 Å². The molecule has 0 aromatic rings. The van der Waals surface area contributed by atoms with Gasteiger partial charge < -0.3 is 9.64 Å². The van der Waals surface area contributed by atoms with Crippen LogP contribution in [0.5, 0.6) is 0 Å². The molecule has 1 heterocycles. The van der Waals surface area contributed by atoms with E-state index in [1.54, 1.807) is 4.90 Å². The van der Waals surface area contributed by atoms with Crippen molar-refractivity contribution in [1.82, 2.24) is 4.90 Å². The van der Waals surface area contributed by atoms with Crippen LogP contribution in [0, 0.1) is 12.3 Å². The van der Waals surface area contributed by atoms with E-state index in [-0.39, 0.29) is 6.09 Å². The summed E-state index contributed by atoms with van der Waals surface area (Å²) < 4.78 is 4.86. The largest absolute Gasteiger partial charge is 0.449 e. The highest BCUT2D eigenvalue weighted by Crippen LogP contribution is 2.05. The van der Waals surface area contributed by atoms with Crippen LogP contribution in [-0.2, 0) is 4.74 Å². The summed E-state index contributed by atoms with van der Waals surface area (Å²) in [6, 6.07) is 0. The summed E-state index contributed by atoms with van der Waals surface area (Å²) in [5, 5.41) is 0. The average Bonchev–Trinajstić information content (AvgIpc) is 2.09. The molecule has 3 nitrogen and oxygen atoms in total. The van der Waals surface area contributed by atoms with Gasteiger partial charge in [0.2, 0.25) is 0 Å². The summed E-state index contributed by atoms with van der Waals surface area (Å²) in [7, 11) is 0. The van der Waals surface area contributed by atoms with Gasteiger partial charge in [-0.05, 0) is 12.8 Å². The van der Waals surface area contributed by atoms with Gasteiger partial charge in [0.1, 0.15) is 0 Å². The lowest BCUT2D eigenvalue weighted by Crippen LogP contribution is -2.38. The molecule has 1 aliphatic heterocycles. The molecule has 3 heteroatoms. The fourth-order valence-corrected chi connectivity index (χ4v) is 1.17. The van der Waals surface area contributed by atoms with Crippen LogP contribution in [0.2, 0.25) is 0 Å². The molecule has 0 atom stereocenters. The van der Waals surface area contributed by atoms with Gasteiger partial charge in [-0.1, -0.05) is 0 Å². The molecule has 1 rings (SSSR count). The first kappa shape index (κ1) is 8.92. The summed E-state index contributed by atoms with van der Waals surface area (Å²) >= 11 is 0. The van der Waals surface area contributed by atoms with E-state index in [9.17, 15) is 4.79 Å². The van der Waals surface area contributed by atoms with E-state index in [1.165, 1.54) is 0 Å². The van der Waals surface area contributed by atoms with E-state index >= 15 is 0 Å². The van der Waals surface area contributed by atoms with Crippen LogP contribution in [0.4, 0.5) is 4.79 Å². The van der Waals surface area contributed by atoms with Gasteiger partial charge in [0, 0.05) is 19.5 Å². The van der Waals surface area contributed by atoms with Gasteiger partial charge in [0.15, 0.2) is 0 Å². The van der Waals surface area contributed by atoms with E-state index < -0.39 is 0 Å². The lowest BCUT2D eigenvalue weighted by molar-refractivity contribution is 0.0727. The predicted molar refractivity (Wildman–Crippen MR) is 45.6 cm³/mol.